The zero-order valence-electron chi connectivity index (χ0n) is 20.3. The van der Waals surface area contributed by atoms with Crippen molar-refractivity contribution in [1.82, 2.24) is 19.8 Å². The number of imidazole rings is 1. The number of rotatable bonds is 10. The number of benzene rings is 3. The Kier molecular flexibility index (Phi) is 8.18. The molecule has 2 heterocycles. The fourth-order valence-electron chi connectivity index (χ4n) is 4.21. The molecule has 1 aliphatic rings. The lowest BCUT2D eigenvalue weighted by Gasteiger charge is -2.26. The van der Waals surface area contributed by atoms with Crippen molar-refractivity contribution in [2.45, 2.75) is 6.42 Å². The Balaban J connectivity index is 1.11. The average Bonchev–Trinajstić information content (AvgIpc) is 3.42. The van der Waals surface area contributed by atoms with Crippen molar-refractivity contribution < 1.29 is 9.47 Å². The summed E-state index contributed by atoms with van der Waals surface area (Å²) in [7, 11) is 0. The van der Waals surface area contributed by atoms with E-state index in [2.05, 4.69) is 27.3 Å². The summed E-state index contributed by atoms with van der Waals surface area (Å²) in [6.07, 6.45) is 4.71. The molecule has 1 aromatic heterocycles. The maximum Gasteiger partial charge on any atom is 0.119 e. The smallest absolute Gasteiger partial charge is 0.119 e. The van der Waals surface area contributed by atoms with E-state index in [1.165, 1.54) is 5.56 Å². The molecule has 0 atom stereocenters. The van der Waals surface area contributed by atoms with Gasteiger partial charge in [-0.25, -0.2) is 4.98 Å². The molecule has 36 heavy (non-hydrogen) atoms. The van der Waals surface area contributed by atoms with Gasteiger partial charge in [0, 0.05) is 61.6 Å². The van der Waals surface area contributed by atoms with Gasteiger partial charge in [0.05, 0.1) is 18.6 Å². The third kappa shape index (κ3) is 6.66. The molecule has 186 valence electrons. The van der Waals surface area contributed by atoms with E-state index in [4.69, 9.17) is 21.1 Å². The highest BCUT2D eigenvalue weighted by Gasteiger charge is 2.09. The molecule has 0 saturated carbocycles. The van der Waals surface area contributed by atoms with Crippen molar-refractivity contribution in [3.63, 3.8) is 0 Å². The molecule has 0 spiro atoms. The summed E-state index contributed by atoms with van der Waals surface area (Å²) in [6.45, 7) is 6.58. The topological polar surface area (TPSA) is 51.6 Å². The third-order valence-electron chi connectivity index (χ3n) is 6.33. The van der Waals surface area contributed by atoms with Crippen LogP contribution in [0.3, 0.4) is 0 Å². The van der Waals surface area contributed by atoms with Crippen molar-refractivity contribution in [2.24, 2.45) is 0 Å². The van der Waals surface area contributed by atoms with Gasteiger partial charge in [-0.05, 0) is 66.2 Å². The molecule has 5 rings (SSSR count). The first kappa shape index (κ1) is 24.4. The Morgan fingerprint density at radius 3 is 2.19 bits per heavy atom. The molecule has 1 N–H and O–H groups in total. The zero-order chi connectivity index (χ0) is 24.6. The molecule has 1 saturated heterocycles. The number of hydrogen-bond acceptors (Lipinski definition) is 5. The van der Waals surface area contributed by atoms with Crippen LogP contribution in [0, 0.1) is 0 Å². The molecular weight excluding hydrogens is 472 g/mol. The van der Waals surface area contributed by atoms with Gasteiger partial charge in [0.1, 0.15) is 18.1 Å². The fraction of sp³-hybridized carbons (Fsp3) is 0.276. The predicted octanol–water partition coefficient (Wildman–Crippen LogP) is 5.10. The molecule has 0 aliphatic carbocycles. The number of nitrogens with one attached hydrogen (secondary N) is 1. The number of halogens is 1. The van der Waals surface area contributed by atoms with Gasteiger partial charge in [0.2, 0.25) is 0 Å². The zero-order valence-corrected chi connectivity index (χ0v) is 21.0. The molecular formula is C29H31ClN4O2. The highest BCUT2D eigenvalue weighted by Crippen LogP contribution is 2.23. The van der Waals surface area contributed by atoms with Crippen LogP contribution in [-0.2, 0) is 6.42 Å². The first-order chi connectivity index (χ1) is 17.7. The number of hydrogen-bond donors (Lipinski definition) is 1. The number of ether oxygens (including phenoxy) is 2. The van der Waals surface area contributed by atoms with Gasteiger partial charge in [-0.15, -0.1) is 0 Å². The Labute approximate surface area is 217 Å². The van der Waals surface area contributed by atoms with E-state index in [-0.39, 0.29) is 0 Å². The molecule has 1 aliphatic heterocycles. The van der Waals surface area contributed by atoms with Crippen LogP contribution >= 0.6 is 11.6 Å². The second-order valence-electron chi connectivity index (χ2n) is 8.85. The van der Waals surface area contributed by atoms with Crippen LogP contribution in [0.15, 0.2) is 85.3 Å². The lowest BCUT2D eigenvalue weighted by molar-refractivity contribution is 0.191. The Morgan fingerprint density at radius 1 is 0.806 bits per heavy atom. The molecule has 1 fully saturated rings. The lowest BCUT2D eigenvalue weighted by Crippen LogP contribution is -2.44. The Hall–Kier alpha value is -3.32. The Bertz CT molecular complexity index is 1220. The van der Waals surface area contributed by atoms with E-state index >= 15 is 0 Å². The fourth-order valence-corrected chi connectivity index (χ4v) is 4.34. The summed E-state index contributed by atoms with van der Waals surface area (Å²) in [5.41, 5.74) is 4.22. The highest BCUT2D eigenvalue weighted by atomic mass is 35.5. The first-order valence-corrected chi connectivity index (χ1v) is 12.8. The van der Waals surface area contributed by atoms with Crippen molar-refractivity contribution in [3.8, 4) is 28.4 Å². The summed E-state index contributed by atoms with van der Waals surface area (Å²) >= 11 is 5.94. The maximum atomic E-state index is 5.94. The van der Waals surface area contributed by atoms with Gasteiger partial charge < -0.3 is 19.4 Å². The van der Waals surface area contributed by atoms with Gasteiger partial charge in [-0.1, -0.05) is 23.7 Å². The van der Waals surface area contributed by atoms with Crippen LogP contribution in [0.1, 0.15) is 5.56 Å². The van der Waals surface area contributed by atoms with Gasteiger partial charge >= 0.3 is 0 Å². The number of nitrogens with zero attached hydrogens (tertiary/aromatic N) is 3. The van der Waals surface area contributed by atoms with Crippen LogP contribution in [0.2, 0.25) is 5.02 Å². The standard InChI is InChI=1S/C29H31ClN4O2/c30-25-5-1-23(2-6-25)13-19-35-27-9-3-24(4-10-27)29-21-34(22-32-29)26-7-11-28(12-8-26)36-20-18-33-16-14-31-15-17-33/h1-12,21-22,31H,13-20H2. The normalized spacial score (nSPS) is 14.0. The number of aromatic nitrogens is 2. The minimum atomic E-state index is 0.616. The summed E-state index contributed by atoms with van der Waals surface area (Å²) < 4.78 is 13.9. The van der Waals surface area contributed by atoms with E-state index in [0.29, 0.717) is 13.2 Å². The maximum absolute atomic E-state index is 5.94. The average molecular weight is 503 g/mol. The van der Waals surface area contributed by atoms with Crippen LogP contribution in [0.4, 0.5) is 0 Å². The molecule has 4 aromatic rings. The Morgan fingerprint density at radius 2 is 1.47 bits per heavy atom. The molecule has 0 radical (unpaired) electrons. The predicted molar refractivity (Wildman–Crippen MR) is 144 cm³/mol. The van der Waals surface area contributed by atoms with Crippen molar-refractivity contribution in [1.29, 1.82) is 0 Å². The van der Waals surface area contributed by atoms with E-state index in [1.807, 2.05) is 77.8 Å². The van der Waals surface area contributed by atoms with E-state index in [0.717, 1.165) is 72.6 Å². The van der Waals surface area contributed by atoms with Gasteiger partial charge in [-0.2, -0.15) is 0 Å². The summed E-state index contributed by atoms with van der Waals surface area (Å²) in [5.74, 6) is 1.74. The largest absolute Gasteiger partial charge is 0.493 e. The minimum Gasteiger partial charge on any atom is -0.493 e. The quantitative estimate of drug-likeness (QED) is 0.327. The molecule has 3 aromatic carbocycles. The monoisotopic (exact) mass is 502 g/mol. The second-order valence-corrected chi connectivity index (χ2v) is 9.29. The van der Waals surface area contributed by atoms with Crippen LogP contribution in [-0.4, -0.2) is 60.4 Å². The molecule has 0 unspecified atom stereocenters. The van der Waals surface area contributed by atoms with Gasteiger partial charge in [-0.3, -0.25) is 4.90 Å². The lowest BCUT2D eigenvalue weighted by atomic mass is 10.1. The van der Waals surface area contributed by atoms with Gasteiger partial charge in [0.25, 0.3) is 0 Å². The summed E-state index contributed by atoms with van der Waals surface area (Å²) in [6, 6.07) is 24.1. The molecule has 0 bridgehead atoms. The second kappa shape index (κ2) is 12.1. The van der Waals surface area contributed by atoms with Crippen molar-refractivity contribution >= 4 is 11.6 Å². The first-order valence-electron chi connectivity index (χ1n) is 12.4. The van der Waals surface area contributed by atoms with Crippen LogP contribution < -0.4 is 14.8 Å². The summed E-state index contributed by atoms with van der Waals surface area (Å²) in [5, 5.41) is 4.12. The van der Waals surface area contributed by atoms with Crippen molar-refractivity contribution in [3.05, 3.63) is 95.9 Å². The third-order valence-corrected chi connectivity index (χ3v) is 6.58. The minimum absolute atomic E-state index is 0.616. The molecule has 7 heteroatoms. The summed E-state index contributed by atoms with van der Waals surface area (Å²) in [4.78, 5) is 7.02. The SMILES string of the molecule is Clc1ccc(CCOc2ccc(-c3cn(-c4ccc(OCCN5CCNCC5)cc4)cn3)cc2)cc1. The van der Waals surface area contributed by atoms with E-state index in [9.17, 15) is 0 Å². The number of piperazine rings is 1. The van der Waals surface area contributed by atoms with E-state index < -0.39 is 0 Å². The van der Waals surface area contributed by atoms with E-state index in [1.54, 1.807) is 0 Å². The van der Waals surface area contributed by atoms with Gasteiger partial charge in [0.15, 0.2) is 0 Å². The van der Waals surface area contributed by atoms with Crippen LogP contribution in [0.5, 0.6) is 11.5 Å². The highest BCUT2D eigenvalue weighted by molar-refractivity contribution is 6.30. The van der Waals surface area contributed by atoms with Crippen molar-refractivity contribution in [2.75, 3.05) is 45.9 Å². The molecule has 6 nitrogen and oxygen atoms in total. The molecule has 0 amide bonds. The van der Waals surface area contributed by atoms with Crippen LogP contribution in [0.25, 0.3) is 16.9 Å².